The van der Waals surface area contributed by atoms with E-state index in [1.807, 2.05) is 26.8 Å². The smallest absolute Gasteiger partial charge is 0.251 e. The van der Waals surface area contributed by atoms with Crippen molar-refractivity contribution in [2.75, 3.05) is 12.4 Å². The first-order valence-electron chi connectivity index (χ1n) is 8.33. The highest BCUT2D eigenvalue weighted by Crippen LogP contribution is 2.23. The van der Waals surface area contributed by atoms with Crippen LogP contribution < -0.4 is 15.4 Å². The summed E-state index contributed by atoms with van der Waals surface area (Å²) in [6.45, 7) is 5.66. The van der Waals surface area contributed by atoms with Crippen LogP contribution in [0.1, 0.15) is 29.8 Å². The Bertz CT molecular complexity index is 788. The normalized spacial score (nSPS) is 11.8. The molecule has 0 aliphatic heterocycles. The van der Waals surface area contributed by atoms with Crippen molar-refractivity contribution in [2.45, 2.75) is 26.8 Å². The number of aryl methyl sites for hydroxylation is 1. The first kappa shape index (κ1) is 19.8. The summed E-state index contributed by atoms with van der Waals surface area (Å²) in [5.41, 5.74) is 1.98. The van der Waals surface area contributed by atoms with Gasteiger partial charge in [-0.05, 0) is 54.8 Å². The third kappa shape index (κ3) is 4.99. The molecule has 0 bridgehead atoms. The van der Waals surface area contributed by atoms with Crippen LogP contribution in [0, 0.1) is 12.8 Å². The number of nitrogens with one attached hydrogen (secondary N) is 2. The van der Waals surface area contributed by atoms with Gasteiger partial charge in [0.1, 0.15) is 11.8 Å². The fraction of sp³-hybridized carbons (Fsp3) is 0.300. The number of rotatable bonds is 6. The van der Waals surface area contributed by atoms with E-state index in [-0.39, 0.29) is 17.7 Å². The van der Waals surface area contributed by atoms with Crippen molar-refractivity contribution in [3.05, 3.63) is 58.6 Å². The molecule has 0 aromatic heterocycles. The summed E-state index contributed by atoms with van der Waals surface area (Å²) < 4.78 is 5.08. The first-order valence-corrected chi connectivity index (χ1v) is 8.71. The highest BCUT2D eigenvalue weighted by Gasteiger charge is 2.25. The van der Waals surface area contributed by atoms with E-state index in [4.69, 9.17) is 16.3 Å². The van der Waals surface area contributed by atoms with Gasteiger partial charge in [-0.15, -0.1) is 0 Å². The van der Waals surface area contributed by atoms with Crippen LogP contribution >= 0.6 is 11.6 Å². The third-order valence-electron chi connectivity index (χ3n) is 3.97. The molecule has 0 saturated carbocycles. The average Bonchev–Trinajstić information content (AvgIpc) is 2.61. The van der Waals surface area contributed by atoms with Gasteiger partial charge in [0.15, 0.2) is 0 Å². The van der Waals surface area contributed by atoms with Crippen molar-refractivity contribution < 1.29 is 14.3 Å². The van der Waals surface area contributed by atoms with Crippen LogP contribution in [0.25, 0.3) is 0 Å². The van der Waals surface area contributed by atoms with E-state index < -0.39 is 6.04 Å². The van der Waals surface area contributed by atoms with Crippen LogP contribution in [0.15, 0.2) is 42.5 Å². The van der Waals surface area contributed by atoms with Gasteiger partial charge in [-0.3, -0.25) is 9.59 Å². The second-order valence-electron chi connectivity index (χ2n) is 6.40. The van der Waals surface area contributed by atoms with E-state index in [1.54, 1.807) is 43.5 Å². The molecule has 0 fully saturated rings. The molecule has 2 rings (SSSR count). The van der Waals surface area contributed by atoms with Crippen molar-refractivity contribution >= 4 is 29.1 Å². The van der Waals surface area contributed by atoms with Crippen molar-refractivity contribution in [1.82, 2.24) is 5.32 Å². The molecule has 6 heteroatoms. The Hall–Kier alpha value is -2.53. The van der Waals surface area contributed by atoms with Crippen LogP contribution in [0.4, 0.5) is 5.69 Å². The van der Waals surface area contributed by atoms with Gasteiger partial charge in [0.05, 0.1) is 17.8 Å². The van der Waals surface area contributed by atoms with Gasteiger partial charge in [-0.25, -0.2) is 0 Å². The molecule has 0 aliphatic rings. The summed E-state index contributed by atoms with van der Waals surface area (Å²) in [6, 6.07) is 11.4. The van der Waals surface area contributed by atoms with Crippen LogP contribution in [0.3, 0.4) is 0 Å². The third-order valence-corrected chi connectivity index (χ3v) is 4.28. The van der Waals surface area contributed by atoms with E-state index >= 15 is 0 Å². The first-order chi connectivity index (χ1) is 12.3. The Morgan fingerprint density at radius 2 is 1.73 bits per heavy atom. The van der Waals surface area contributed by atoms with E-state index in [0.717, 1.165) is 5.56 Å². The Morgan fingerprint density at radius 1 is 1.08 bits per heavy atom. The van der Waals surface area contributed by atoms with Gasteiger partial charge in [0, 0.05) is 5.56 Å². The molecule has 2 aromatic rings. The number of ether oxygens (including phenoxy) is 1. The number of anilines is 1. The average molecular weight is 375 g/mol. The highest BCUT2D eigenvalue weighted by atomic mass is 35.5. The van der Waals surface area contributed by atoms with Crippen molar-refractivity contribution in [1.29, 1.82) is 0 Å². The van der Waals surface area contributed by atoms with Crippen LogP contribution in [-0.4, -0.2) is 25.0 Å². The molecule has 0 saturated heterocycles. The Kier molecular flexibility index (Phi) is 6.64. The molecule has 0 unspecified atom stereocenters. The highest BCUT2D eigenvalue weighted by molar-refractivity contribution is 6.33. The van der Waals surface area contributed by atoms with Gasteiger partial charge in [0.25, 0.3) is 5.91 Å². The molecular formula is C20H23ClN2O3. The number of halogens is 1. The zero-order chi connectivity index (χ0) is 19.3. The maximum absolute atomic E-state index is 12.7. The minimum atomic E-state index is -0.693. The second-order valence-corrected chi connectivity index (χ2v) is 6.80. The molecule has 2 amide bonds. The molecule has 5 nitrogen and oxygen atoms in total. The molecule has 0 spiro atoms. The van der Waals surface area contributed by atoms with Gasteiger partial charge in [-0.1, -0.05) is 31.5 Å². The SMILES string of the molecule is COc1ccc(C(=O)N[C@H](C(=O)Nc2ccc(C)cc2Cl)C(C)C)cc1. The lowest BCUT2D eigenvalue weighted by atomic mass is 10.0. The maximum Gasteiger partial charge on any atom is 0.251 e. The fourth-order valence-corrected chi connectivity index (χ4v) is 2.72. The van der Waals surface area contributed by atoms with Crippen LogP contribution in [0.2, 0.25) is 5.02 Å². The zero-order valence-electron chi connectivity index (χ0n) is 15.3. The summed E-state index contributed by atoms with van der Waals surface area (Å²) in [4.78, 5) is 25.1. The monoisotopic (exact) mass is 374 g/mol. The number of hydrogen-bond acceptors (Lipinski definition) is 3. The summed E-state index contributed by atoms with van der Waals surface area (Å²) in [7, 11) is 1.56. The number of methoxy groups -OCH3 is 1. The molecule has 26 heavy (non-hydrogen) atoms. The number of carbonyl (C=O) groups is 2. The number of carbonyl (C=O) groups excluding carboxylic acids is 2. The standard InChI is InChI=1S/C20H23ClN2O3/c1-12(2)18(20(25)22-17-10-5-13(3)11-16(17)21)23-19(24)14-6-8-15(26-4)9-7-14/h5-12,18H,1-4H3,(H,22,25)(H,23,24)/t18-/m0/s1. The van der Waals surface area contributed by atoms with E-state index in [1.165, 1.54) is 0 Å². The zero-order valence-corrected chi connectivity index (χ0v) is 16.1. The summed E-state index contributed by atoms with van der Waals surface area (Å²) in [6.07, 6.45) is 0. The Morgan fingerprint density at radius 3 is 2.27 bits per heavy atom. The number of hydrogen-bond donors (Lipinski definition) is 2. The molecule has 2 aromatic carbocycles. The summed E-state index contributed by atoms with van der Waals surface area (Å²) in [5, 5.41) is 6.04. The predicted molar refractivity (Wildman–Crippen MR) is 104 cm³/mol. The summed E-state index contributed by atoms with van der Waals surface area (Å²) in [5.74, 6) is -0.0701. The lowest BCUT2D eigenvalue weighted by Crippen LogP contribution is -2.47. The molecule has 138 valence electrons. The quantitative estimate of drug-likeness (QED) is 0.801. The van der Waals surface area contributed by atoms with Gasteiger partial charge < -0.3 is 15.4 Å². The van der Waals surface area contributed by atoms with Crippen molar-refractivity contribution in [3.8, 4) is 5.75 Å². The van der Waals surface area contributed by atoms with Crippen LogP contribution in [0.5, 0.6) is 5.75 Å². The van der Waals surface area contributed by atoms with Gasteiger partial charge >= 0.3 is 0 Å². The van der Waals surface area contributed by atoms with Gasteiger partial charge in [-0.2, -0.15) is 0 Å². The number of amides is 2. The largest absolute Gasteiger partial charge is 0.497 e. The topological polar surface area (TPSA) is 67.4 Å². The fourth-order valence-electron chi connectivity index (χ4n) is 2.43. The van der Waals surface area contributed by atoms with Crippen LogP contribution in [-0.2, 0) is 4.79 Å². The van der Waals surface area contributed by atoms with E-state index in [9.17, 15) is 9.59 Å². The lowest BCUT2D eigenvalue weighted by molar-refractivity contribution is -0.118. The predicted octanol–water partition coefficient (Wildman–Crippen LogP) is 4.05. The molecular weight excluding hydrogens is 352 g/mol. The molecule has 0 aliphatic carbocycles. The Balaban J connectivity index is 2.11. The van der Waals surface area contributed by atoms with Crippen molar-refractivity contribution in [3.63, 3.8) is 0 Å². The Labute approximate surface area is 158 Å². The van der Waals surface area contributed by atoms with E-state index in [0.29, 0.717) is 22.0 Å². The molecule has 0 heterocycles. The van der Waals surface area contributed by atoms with Gasteiger partial charge in [0.2, 0.25) is 5.91 Å². The minimum Gasteiger partial charge on any atom is -0.497 e. The summed E-state index contributed by atoms with van der Waals surface area (Å²) >= 11 is 6.17. The lowest BCUT2D eigenvalue weighted by Gasteiger charge is -2.22. The van der Waals surface area contributed by atoms with E-state index in [2.05, 4.69) is 10.6 Å². The van der Waals surface area contributed by atoms with Crippen molar-refractivity contribution in [2.24, 2.45) is 5.92 Å². The maximum atomic E-state index is 12.7. The molecule has 0 radical (unpaired) electrons. The minimum absolute atomic E-state index is 0.0959. The molecule has 2 N–H and O–H groups in total. The number of benzene rings is 2. The second kappa shape index (κ2) is 8.72. The molecule has 1 atom stereocenters.